The summed E-state index contributed by atoms with van der Waals surface area (Å²) >= 11 is 1.80. The number of hydrogen-bond donors (Lipinski definition) is 2. The van der Waals surface area contributed by atoms with E-state index in [-0.39, 0.29) is 0 Å². The van der Waals surface area contributed by atoms with Gasteiger partial charge in [0.15, 0.2) is 5.96 Å². The minimum absolute atomic E-state index is 0.482. The van der Waals surface area contributed by atoms with E-state index < -0.39 is 0 Å². The Morgan fingerprint density at radius 3 is 2.61 bits per heavy atom. The van der Waals surface area contributed by atoms with Gasteiger partial charge in [-0.2, -0.15) is 0 Å². The summed E-state index contributed by atoms with van der Waals surface area (Å²) < 4.78 is 5.17. The Bertz CT molecular complexity index is 593. The average Bonchev–Trinajstić information content (AvgIpc) is 3.13. The van der Waals surface area contributed by atoms with Gasteiger partial charge in [-0.05, 0) is 35.6 Å². The first-order valence-corrected chi connectivity index (χ1v) is 8.71. The number of nitrogens with zero attached hydrogens (tertiary/aromatic N) is 1. The standard InChI is InChI=1S/C18H25N3OS/c1-14(17-5-4-12-23-17)13-21-18(19-2)20-11-10-15-6-8-16(22-3)9-7-15/h4-9,12,14H,10-11,13H2,1-3H3,(H2,19,20,21). The first kappa shape index (κ1) is 17.3. The van der Waals surface area contributed by atoms with Crippen LogP contribution in [0.1, 0.15) is 23.3 Å². The predicted octanol–water partition coefficient (Wildman–Crippen LogP) is 3.27. The van der Waals surface area contributed by atoms with Crippen molar-refractivity contribution in [2.24, 2.45) is 4.99 Å². The number of hydrogen-bond acceptors (Lipinski definition) is 3. The molecule has 0 aliphatic rings. The first-order valence-electron chi connectivity index (χ1n) is 7.83. The molecule has 0 aliphatic carbocycles. The molecule has 124 valence electrons. The molecule has 0 saturated carbocycles. The molecule has 0 spiro atoms. The van der Waals surface area contributed by atoms with E-state index in [0.29, 0.717) is 5.92 Å². The van der Waals surface area contributed by atoms with Crippen molar-refractivity contribution >= 4 is 17.3 Å². The van der Waals surface area contributed by atoms with Crippen LogP contribution in [0.4, 0.5) is 0 Å². The van der Waals surface area contributed by atoms with Crippen LogP contribution in [-0.2, 0) is 6.42 Å². The predicted molar refractivity (Wildman–Crippen MR) is 98.8 cm³/mol. The highest BCUT2D eigenvalue weighted by Crippen LogP contribution is 2.19. The zero-order valence-corrected chi connectivity index (χ0v) is 14.8. The fraction of sp³-hybridized carbons (Fsp3) is 0.389. The summed E-state index contributed by atoms with van der Waals surface area (Å²) in [4.78, 5) is 5.67. The van der Waals surface area contributed by atoms with Crippen LogP contribution in [0.2, 0.25) is 0 Å². The van der Waals surface area contributed by atoms with Crippen molar-refractivity contribution in [3.63, 3.8) is 0 Å². The Morgan fingerprint density at radius 2 is 2.00 bits per heavy atom. The molecule has 0 fully saturated rings. The van der Waals surface area contributed by atoms with Crippen molar-refractivity contribution in [2.45, 2.75) is 19.3 Å². The van der Waals surface area contributed by atoms with Crippen molar-refractivity contribution in [2.75, 3.05) is 27.2 Å². The number of thiophene rings is 1. The van der Waals surface area contributed by atoms with Crippen molar-refractivity contribution in [3.05, 3.63) is 52.2 Å². The van der Waals surface area contributed by atoms with Crippen molar-refractivity contribution in [1.82, 2.24) is 10.6 Å². The van der Waals surface area contributed by atoms with Crippen LogP contribution < -0.4 is 15.4 Å². The Hall–Kier alpha value is -2.01. The van der Waals surface area contributed by atoms with Gasteiger partial charge in [0, 0.05) is 30.9 Å². The highest BCUT2D eigenvalue weighted by Gasteiger charge is 2.07. The maximum absolute atomic E-state index is 5.17. The van der Waals surface area contributed by atoms with Crippen LogP contribution in [0, 0.1) is 0 Å². The molecule has 2 N–H and O–H groups in total. The molecule has 1 atom stereocenters. The van der Waals surface area contributed by atoms with E-state index in [1.165, 1.54) is 10.4 Å². The molecule has 1 heterocycles. The molecule has 5 heteroatoms. The van der Waals surface area contributed by atoms with E-state index in [1.807, 2.05) is 12.1 Å². The second-order valence-electron chi connectivity index (χ2n) is 5.39. The molecule has 0 amide bonds. The molecule has 2 aromatic rings. The smallest absolute Gasteiger partial charge is 0.191 e. The lowest BCUT2D eigenvalue weighted by atomic mass is 10.1. The topological polar surface area (TPSA) is 45.7 Å². The number of nitrogens with one attached hydrogen (secondary N) is 2. The minimum atomic E-state index is 0.482. The molecule has 0 aliphatic heterocycles. The number of ether oxygens (including phenoxy) is 1. The third-order valence-corrected chi connectivity index (χ3v) is 4.80. The zero-order chi connectivity index (χ0) is 16.5. The van der Waals surface area contributed by atoms with Crippen LogP contribution in [0.3, 0.4) is 0 Å². The summed E-state index contributed by atoms with van der Waals surface area (Å²) in [7, 11) is 3.49. The van der Waals surface area contributed by atoms with Gasteiger partial charge in [0.1, 0.15) is 5.75 Å². The molecular weight excluding hydrogens is 306 g/mol. The van der Waals surface area contributed by atoms with E-state index in [1.54, 1.807) is 25.5 Å². The van der Waals surface area contributed by atoms with Crippen molar-refractivity contribution in [1.29, 1.82) is 0 Å². The van der Waals surface area contributed by atoms with Gasteiger partial charge in [-0.25, -0.2) is 0 Å². The van der Waals surface area contributed by atoms with E-state index in [4.69, 9.17) is 4.74 Å². The molecule has 1 aromatic heterocycles. The normalized spacial score (nSPS) is 12.7. The van der Waals surface area contributed by atoms with Crippen LogP contribution >= 0.6 is 11.3 Å². The lowest BCUT2D eigenvalue weighted by Crippen LogP contribution is -2.39. The Morgan fingerprint density at radius 1 is 1.22 bits per heavy atom. The van der Waals surface area contributed by atoms with Crippen molar-refractivity contribution < 1.29 is 4.74 Å². The van der Waals surface area contributed by atoms with Gasteiger partial charge < -0.3 is 15.4 Å². The van der Waals surface area contributed by atoms with E-state index in [2.05, 4.69) is 52.2 Å². The number of benzene rings is 1. The second kappa shape index (κ2) is 9.20. The summed E-state index contributed by atoms with van der Waals surface area (Å²) in [6, 6.07) is 12.4. The maximum Gasteiger partial charge on any atom is 0.191 e. The van der Waals surface area contributed by atoms with Crippen LogP contribution in [0.5, 0.6) is 5.75 Å². The number of rotatable bonds is 7. The van der Waals surface area contributed by atoms with Gasteiger partial charge in [0.05, 0.1) is 7.11 Å². The molecule has 23 heavy (non-hydrogen) atoms. The van der Waals surface area contributed by atoms with E-state index in [9.17, 15) is 0 Å². The third kappa shape index (κ3) is 5.60. The van der Waals surface area contributed by atoms with Crippen LogP contribution in [0.25, 0.3) is 0 Å². The lowest BCUT2D eigenvalue weighted by molar-refractivity contribution is 0.414. The van der Waals surface area contributed by atoms with E-state index >= 15 is 0 Å². The quantitative estimate of drug-likeness (QED) is 0.605. The number of methoxy groups -OCH3 is 1. The van der Waals surface area contributed by atoms with Gasteiger partial charge in [-0.1, -0.05) is 25.1 Å². The Balaban J connectivity index is 1.72. The van der Waals surface area contributed by atoms with Crippen LogP contribution in [-0.4, -0.2) is 33.2 Å². The minimum Gasteiger partial charge on any atom is -0.497 e. The second-order valence-corrected chi connectivity index (χ2v) is 6.37. The Labute approximate surface area is 142 Å². The van der Waals surface area contributed by atoms with Gasteiger partial charge in [-0.3, -0.25) is 4.99 Å². The van der Waals surface area contributed by atoms with Crippen LogP contribution in [0.15, 0.2) is 46.8 Å². The van der Waals surface area contributed by atoms with Gasteiger partial charge in [-0.15, -0.1) is 11.3 Å². The Kier molecular flexibility index (Phi) is 6.94. The molecule has 4 nitrogen and oxygen atoms in total. The average molecular weight is 331 g/mol. The molecule has 0 radical (unpaired) electrons. The fourth-order valence-electron chi connectivity index (χ4n) is 2.26. The molecule has 0 saturated heterocycles. The first-order chi connectivity index (χ1) is 11.2. The van der Waals surface area contributed by atoms with E-state index in [0.717, 1.165) is 31.2 Å². The molecule has 1 aromatic carbocycles. The van der Waals surface area contributed by atoms with Gasteiger partial charge >= 0.3 is 0 Å². The summed E-state index contributed by atoms with van der Waals surface area (Å²) in [5.41, 5.74) is 1.28. The molecule has 1 unspecified atom stereocenters. The maximum atomic E-state index is 5.17. The highest BCUT2D eigenvalue weighted by atomic mass is 32.1. The lowest BCUT2D eigenvalue weighted by Gasteiger charge is -2.15. The monoisotopic (exact) mass is 331 g/mol. The summed E-state index contributed by atoms with van der Waals surface area (Å²) in [6.45, 7) is 3.95. The third-order valence-electron chi connectivity index (χ3n) is 3.69. The summed E-state index contributed by atoms with van der Waals surface area (Å²) in [5.74, 6) is 2.22. The number of aliphatic imine (C=N–C) groups is 1. The zero-order valence-electron chi connectivity index (χ0n) is 14.0. The van der Waals surface area contributed by atoms with Crippen molar-refractivity contribution in [3.8, 4) is 5.75 Å². The molecule has 0 bridgehead atoms. The molecule has 2 rings (SSSR count). The van der Waals surface area contributed by atoms with Gasteiger partial charge in [0.25, 0.3) is 0 Å². The molecular formula is C18H25N3OS. The highest BCUT2D eigenvalue weighted by molar-refractivity contribution is 7.10. The summed E-state index contributed by atoms with van der Waals surface area (Å²) in [6.07, 6.45) is 0.950. The fourth-order valence-corrected chi connectivity index (χ4v) is 3.05. The summed E-state index contributed by atoms with van der Waals surface area (Å²) in [5, 5.41) is 8.86. The largest absolute Gasteiger partial charge is 0.497 e. The number of guanidine groups is 1. The SMILES string of the molecule is CN=C(NCCc1ccc(OC)cc1)NCC(C)c1cccs1. The van der Waals surface area contributed by atoms with Gasteiger partial charge in [0.2, 0.25) is 0 Å².